The number of hydrogen-bond donors (Lipinski definition) is 1. The SMILES string of the molecule is CC(C[Si](C)(C)C)[C@H](NC(=O)c1ccccn1)C(=O)OC(C)(C)C. The fourth-order valence-corrected chi connectivity index (χ4v) is 4.76. The minimum absolute atomic E-state index is 0.000760. The van der Waals surface area contributed by atoms with Crippen LogP contribution in [0.2, 0.25) is 25.7 Å². The lowest BCUT2D eigenvalue weighted by molar-refractivity contribution is -0.158. The zero-order valence-corrected chi connectivity index (χ0v) is 16.8. The summed E-state index contributed by atoms with van der Waals surface area (Å²) in [6.07, 6.45) is 1.56. The minimum Gasteiger partial charge on any atom is -0.458 e. The number of rotatable bonds is 6. The van der Waals surface area contributed by atoms with Crippen LogP contribution in [0.15, 0.2) is 24.4 Å². The van der Waals surface area contributed by atoms with E-state index in [0.29, 0.717) is 5.69 Å². The van der Waals surface area contributed by atoms with Gasteiger partial charge in [0, 0.05) is 14.3 Å². The third kappa shape index (κ3) is 7.25. The summed E-state index contributed by atoms with van der Waals surface area (Å²) in [5.41, 5.74) is -0.296. The first-order valence-electron chi connectivity index (χ1n) is 8.34. The number of aromatic nitrogens is 1. The van der Waals surface area contributed by atoms with E-state index in [-0.39, 0.29) is 11.8 Å². The molecule has 0 aliphatic rings. The zero-order valence-electron chi connectivity index (χ0n) is 15.8. The minimum atomic E-state index is -1.39. The molecule has 134 valence electrons. The maximum Gasteiger partial charge on any atom is 0.329 e. The Morgan fingerprint density at radius 1 is 1.25 bits per heavy atom. The van der Waals surface area contributed by atoms with Gasteiger partial charge >= 0.3 is 5.97 Å². The van der Waals surface area contributed by atoms with Gasteiger partial charge in [-0.25, -0.2) is 4.79 Å². The molecule has 1 unspecified atom stereocenters. The molecule has 0 aliphatic heterocycles. The van der Waals surface area contributed by atoms with E-state index in [1.54, 1.807) is 24.4 Å². The number of nitrogens with one attached hydrogen (secondary N) is 1. The van der Waals surface area contributed by atoms with Crippen LogP contribution in [0.5, 0.6) is 0 Å². The Kier molecular flexibility index (Phi) is 6.72. The van der Waals surface area contributed by atoms with Crippen LogP contribution in [0.1, 0.15) is 38.2 Å². The second-order valence-electron chi connectivity index (χ2n) is 8.44. The van der Waals surface area contributed by atoms with Crippen molar-refractivity contribution in [1.29, 1.82) is 0 Å². The highest BCUT2D eigenvalue weighted by atomic mass is 28.3. The Hall–Kier alpha value is -1.69. The lowest BCUT2D eigenvalue weighted by Crippen LogP contribution is -2.49. The summed E-state index contributed by atoms with van der Waals surface area (Å²) in [4.78, 5) is 29.1. The van der Waals surface area contributed by atoms with Gasteiger partial charge in [0.05, 0.1) is 0 Å². The second-order valence-corrected chi connectivity index (χ2v) is 14.0. The van der Waals surface area contributed by atoms with E-state index in [0.717, 1.165) is 6.04 Å². The molecular formula is C18H30N2O3Si. The summed E-state index contributed by atoms with van der Waals surface area (Å²) in [6, 6.07) is 5.36. The first kappa shape index (κ1) is 20.4. The van der Waals surface area contributed by atoms with Gasteiger partial charge < -0.3 is 10.1 Å². The molecule has 5 nitrogen and oxygen atoms in total. The topological polar surface area (TPSA) is 68.3 Å². The number of carbonyl (C=O) groups is 2. The summed E-state index contributed by atoms with van der Waals surface area (Å²) in [7, 11) is -1.39. The van der Waals surface area contributed by atoms with E-state index in [9.17, 15) is 9.59 Å². The fraction of sp³-hybridized carbons (Fsp3) is 0.611. The lowest BCUT2D eigenvalue weighted by Gasteiger charge is -2.30. The molecule has 0 saturated heterocycles. The smallest absolute Gasteiger partial charge is 0.329 e. The van der Waals surface area contributed by atoms with Crippen LogP contribution < -0.4 is 5.32 Å². The van der Waals surface area contributed by atoms with E-state index in [1.165, 1.54) is 0 Å². The standard InChI is InChI=1S/C18H30N2O3Si/c1-13(12-24(5,6)7)15(17(22)23-18(2,3)4)20-16(21)14-10-8-9-11-19-14/h8-11,13,15H,12H2,1-7H3,(H,20,21)/t13?,15-/m0/s1. The third-order valence-corrected chi connectivity index (χ3v) is 5.22. The summed E-state index contributed by atoms with van der Waals surface area (Å²) < 4.78 is 5.51. The van der Waals surface area contributed by atoms with Gasteiger partial charge in [-0.2, -0.15) is 0 Å². The molecule has 1 aromatic rings. The summed E-state index contributed by atoms with van der Waals surface area (Å²) >= 11 is 0. The Balaban J connectivity index is 2.96. The van der Waals surface area contributed by atoms with Crippen molar-refractivity contribution in [2.75, 3.05) is 0 Å². The number of esters is 1. The van der Waals surface area contributed by atoms with Crippen LogP contribution in [-0.2, 0) is 9.53 Å². The third-order valence-electron chi connectivity index (χ3n) is 3.35. The Morgan fingerprint density at radius 3 is 2.33 bits per heavy atom. The maximum absolute atomic E-state index is 12.6. The summed E-state index contributed by atoms with van der Waals surface area (Å²) in [5.74, 6) is -0.745. The van der Waals surface area contributed by atoms with Gasteiger partial charge in [-0.05, 0) is 38.8 Å². The first-order valence-corrected chi connectivity index (χ1v) is 12.0. The monoisotopic (exact) mass is 350 g/mol. The highest BCUT2D eigenvalue weighted by Crippen LogP contribution is 2.22. The van der Waals surface area contributed by atoms with Crippen molar-refractivity contribution in [2.45, 2.75) is 65.0 Å². The molecule has 1 heterocycles. The lowest BCUT2D eigenvalue weighted by atomic mass is 10.0. The Bertz CT molecular complexity index is 562. The molecule has 6 heteroatoms. The van der Waals surface area contributed by atoms with E-state index >= 15 is 0 Å². The van der Waals surface area contributed by atoms with Gasteiger partial charge in [-0.1, -0.05) is 38.7 Å². The zero-order chi connectivity index (χ0) is 18.5. The van der Waals surface area contributed by atoms with Crippen LogP contribution in [0.3, 0.4) is 0 Å². The predicted octanol–water partition coefficient (Wildman–Crippen LogP) is 3.50. The fourth-order valence-electron chi connectivity index (χ4n) is 2.59. The molecule has 1 amide bonds. The molecule has 24 heavy (non-hydrogen) atoms. The number of amides is 1. The van der Waals surface area contributed by atoms with Crippen LogP contribution in [0.25, 0.3) is 0 Å². The predicted molar refractivity (Wildman–Crippen MR) is 98.7 cm³/mol. The van der Waals surface area contributed by atoms with Gasteiger partial charge in [0.1, 0.15) is 17.3 Å². The van der Waals surface area contributed by atoms with Crippen molar-refractivity contribution >= 4 is 20.0 Å². The Labute approximate surface area is 146 Å². The molecule has 0 fully saturated rings. The Morgan fingerprint density at radius 2 is 1.88 bits per heavy atom. The first-order chi connectivity index (χ1) is 10.9. The molecule has 1 aromatic heterocycles. The van der Waals surface area contributed by atoms with Crippen molar-refractivity contribution in [3.05, 3.63) is 30.1 Å². The van der Waals surface area contributed by atoms with Crippen LogP contribution in [-0.4, -0.2) is 36.6 Å². The molecule has 0 radical (unpaired) electrons. The van der Waals surface area contributed by atoms with E-state index in [4.69, 9.17) is 4.74 Å². The number of hydrogen-bond acceptors (Lipinski definition) is 4. The van der Waals surface area contributed by atoms with Crippen molar-refractivity contribution < 1.29 is 14.3 Å². The van der Waals surface area contributed by atoms with Crippen molar-refractivity contribution in [3.8, 4) is 0 Å². The van der Waals surface area contributed by atoms with Gasteiger partial charge in [-0.3, -0.25) is 9.78 Å². The van der Waals surface area contributed by atoms with Gasteiger partial charge in [-0.15, -0.1) is 0 Å². The van der Waals surface area contributed by atoms with Crippen LogP contribution in [0, 0.1) is 5.92 Å². The molecule has 0 spiro atoms. The molecule has 1 rings (SSSR count). The molecule has 0 aromatic carbocycles. The van der Waals surface area contributed by atoms with Gasteiger partial charge in [0.15, 0.2) is 0 Å². The molecule has 0 saturated carbocycles. The largest absolute Gasteiger partial charge is 0.458 e. The van der Waals surface area contributed by atoms with Crippen LogP contribution >= 0.6 is 0 Å². The highest BCUT2D eigenvalue weighted by molar-refractivity contribution is 6.76. The van der Waals surface area contributed by atoms with E-state index < -0.39 is 25.7 Å². The van der Waals surface area contributed by atoms with Crippen molar-refractivity contribution in [2.24, 2.45) is 5.92 Å². The quantitative estimate of drug-likeness (QED) is 0.630. The molecule has 2 atom stereocenters. The summed E-state index contributed by atoms with van der Waals surface area (Å²) in [6.45, 7) is 14.2. The van der Waals surface area contributed by atoms with Crippen LogP contribution in [0.4, 0.5) is 0 Å². The molecular weight excluding hydrogens is 320 g/mol. The van der Waals surface area contributed by atoms with Crippen molar-refractivity contribution in [1.82, 2.24) is 10.3 Å². The maximum atomic E-state index is 12.6. The van der Waals surface area contributed by atoms with Gasteiger partial charge in [0.2, 0.25) is 0 Å². The second kappa shape index (κ2) is 7.92. The highest BCUT2D eigenvalue weighted by Gasteiger charge is 2.34. The summed E-state index contributed by atoms with van der Waals surface area (Å²) in [5, 5.41) is 2.82. The average molecular weight is 351 g/mol. The molecule has 0 aliphatic carbocycles. The average Bonchev–Trinajstić information content (AvgIpc) is 2.41. The normalized spacial score (nSPS) is 14.6. The van der Waals surface area contributed by atoms with E-state index in [2.05, 4.69) is 29.9 Å². The molecule has 1 N–H and O–H groups in total. The number of nitrogens with zero attached hydrogens (tertiary/aromatic N) is 1. The molecule has 0 bridgehead atoms. The number of carbonyl (C=O) groups excluding carboxylic acids is 2. The van der Waals surface area contributed by atoms with E-state index in [1.807, 2.05) is 27.7 Å². The number of pyridine rings is 1. The van der Waals surface area contributed by atoms with Crippen molar-refractivity contribution in [3.63, 3.8) is 0 Å². The number of ether oxygens (including phenoxy) is 1. The van der Waals surface area contributed by atoms with Gasteiger partial charge in [0.25, 0.3) is 5.91 Å².